The molecule has 4 nitrogen and oxygen atoms in total. The van der Waals surface area contributed by atoms with E-state index in [1.807, 2.05) is 6.07 Å². The van der Waals surface area contributed by atoms with E-state index in [-0.39, 0.29) is 11.5 Å². The van der Waals surface area contributed by atoms with Crippen LogP contribution in [0.3, 0.4) is 0 Å². The Hall–Kier alpha value is -2.78. The van der Waals surface area contributed by atoms with Crippen LogP contribution < -0.4 is 10.6 Å². The van der Waals surface area contributed by atoms with Crippen LogP contribution in [-0.2, 0) is 4.79 Å². The van der Waals surface area contributed by atoms with Gasteiger partial charge in [0.2, 0.25) is 5.91 Å². The van der Waals surface area contributed by atoms with Crippen molar-refractivity contribution in [1.29, 1.82) is 5.26 Å². The average Bonchev–Trinajstić information content (AvgIpc) is 2.55. The fraction of sp³-hybridized carbons (Fsp3) is 0.222. The molecule has 0 aliphatic rings. The van der Waals surface area contributed by atoms with E-state index in [0.717, 1.165) is 6.07 Å². The molecule has 0 saturated carbocycles. The summed E-state index contributed by atoms with van der Waals surface area (Å²) in [5.41, 5.74) is 1.04. The van der Waals surface area contributed by atoms with Crippen LogP contribution in [0.15, 0.2) is 42.5 Å². The lowest BCUT2D eigenvalue weighted by atomic mass is 10.1. The maximum Gasteiger partial charge on any atom is 0.241 e. The molecular formula is C18H17F2N3O. The molecule has 0 bridgehead atoms. The Morgan fingerprint density at radius 3 is 2.54 bits per heavy atom. The highest BCUT2D eigenvalue weighted by molar-refractivity contribution is 5.95. The summed E-state index contributed by atoms with van der Waals surface area (Å²) in [4.78, 5) is 12.2. The molecule has 0 aliphatic carbocycles. The first kappa shape index (κ1) is 17.6. The molecule has 2 rings (SSSR count). The number of nitriles is 1. The Morgan fingerprint density at radius 2 is 1.88 bits per heavy atom. The minimum Gasteiger partial charge on any atom is -0.324 e. The normalized spacial score (nSPS) is 13.0. The summed E-state index contributed by atoms with van der Waals surface area (Å²) < 4.78 is 26.7. The molecule has 124 valence electrons. The van der Waals surface area contributed by atoms with Gasteiger partial charge in [-0.15, -0.1) is 0 Å². The number of amides is 1. The average molecular weight is 329 g/mol. The van der Waals surface area contributed by atoms with E-state index in [1.165, 1.54) is 12.1 Å². The number of anilines is 1. The molecule has 2 aromatic rings. The van der Waals surface area contributed by atoms with E-state index < -0.39 is 23.7 Å². The monoisotopic (exact) mass is 329 g/mol. The van der Waals surface area contributed by atoms with Gasteiger partial charge in [0.1, 0.15) is 17.7 Å². The third-order valence-electron chi connectivity index (χ3n) is 3.63. The maximum atomic E-state index is 13.8. The Morgan fingerprint density at radius 1 is 1.17 bits per heavy atom. The van der Waals surface area contributed by atoms with Gasteiger partial charge in [-0.1, -0.05) is 18.2 Å². The van der Waals surface area contributed by atoms with Crippen molar-refractivity contribution in [2.45, 2.75) is 25.9 Å². The predicted octanol–water partition coefficient (Wildman–Crippen LogP) is 3.51. The molecule has 0 fully saturated rings. The van der Waals surface area contributed by atoms with Crippen LogP contribution in [-0.4, -0.2) is 11.9 Å². The SMILES string of the molecule is C[C@H](N[C@@H](C)c1ccc(F)cc1F)C(=O)Nc1ccccc1C#N. The van der Waals surface area contributed by atoms with Crippen molar-refractivity contribution in [3.05, 3.63) is 65.2 Å². The Bertz CT molecular complexity index is 786. The van der Waals surface area contributed by atoms with Gasteiger partial charge in [-0.05, 0) is 32.0 Å². The molecule has 0 aromatic heterocycles. The van der Waals surface area contributed by atoms with Gasteiger partial charge in [0, 0.05) is 17.7 Å². The van der Waals surface area contributed by atoms with E-state index in [9.17, 15) is 13.6 Å². The zero-order chi connectivity index (χ0) is 17.7. The second kappa shape index (κ2) is 7.66. The first-order valence-corrected chi connectivity index (χ1v) is 7.43. The van der Waals surface area contributed by atoms with Gasteiger partial charge in [0.15, 0.2) is 0 Å². The summed E-state index contributed by atoms with van der Waals surface area (Å²) in [6, 6.07) is 10.8. The number of nitrogens with zero attached hydrogens (tertiary/aromatic N) is 1. The van der Waals surface area contributed by atoms with Crippen molar-refractivity contribution in [2.24, 2.45) is 0 Å². The Kier molecular flexibility index (Phi) is 5.61. The van der Waals surface area contributed by atoms with Gasteiger partial charge in [0.25, 0.3) is 0 Å². The Balaban J connectivity index is 2.04. The molecule has 0 spiro atoms. The fourth-order valence-corrected chi connectivity index (χ4v) is 2.32. The van der Waals surface area contributed by atoms with Crippen molar-refractivity contribution >= 4 is 11.6 Å². The zero-order valence-corrected chi connectivity index (χ0v) is 13.3. The summed E-state index contributed by atoms with van der Waals surface area (Å²) >= 11 is 0. The van der Waals surface area contributed by atoms with Crippen molar-refractivity contribution in [3.63, 3.8) is 0 Å². The minimum atomic E-state index is -0.669. The molecule has 24 heavy (non-hydrogen) atoms. The van der Waals surface area contributed by atoms with E-state index >= 15 is 0 Å². The van der Waals surface area contributed by atoms with Gasteiger partial charge in [0.05, 0.1) is 17.3 Å². The second-order valence-corrected chi connectivity index (χ2v) is 5.42. The summed E-state index contributed by atoms with van der Waals surface area (Å²) in [7, 11) is 0. The number of halogens is 2. The lowest BCUT2D eigenvalue weighted by molar-refractivity contribution is -0.117. The highest BCUT2D eigenvalue weighted by Crippen LogP contribution is 2.19. The molecule has 0 saturated heterocycles. The maximum absolute atomic E-state index is 13.8. The van der Waals surface area contributed by atoms with Crippen LogP contribution in [0.25, 0.3) is 0 Å². The lowest BCUT2D eigenvalue weighted by Gasteiger charge is -2.20. The van der Waals surface area contributed by atoms with Crippen LogP contribution in [0.4, 0.5) is 14.5 Å². The van der Waals surface area contributed by atoms with Crippen molar-refractivity contribution < 1.29 is 13.6 Å². The van der Waals surface area contributed by atoms with Crippen LogP contribution in [0, 0.1) is 23.0 Å². The quantitative estimate of drug-likeness (QED) is 0.882. The topological polar surface area (TPSA) is 64.9 Å². The molecule has 6 heteroatoms. The van der Waals surface area contributed by atoms with Gasteiger partial charge in [-0.25, -0.2) is 8.78 Å². The molecule has 2 atom stereocenters. The highest BCUT2D eigenvalue weighted by atomic mass is 19.1. The molecule has 2 aromatic carbocycles. The fourth-order valence-electron chi connectivity index (χ4n) is 2.32. The van der Waals surface area contributed by atoms with Crippen molar-refractivity contribution in [1.82, 2.24) is 5.32 Å². The molecule has 0 heterocycles. The van der Waals surface area contributed by atoms with Crippen LogP contribution >= 0.6 is 0 Å². The molecule has 0 radical (unpaired) electrons. The molecule has 1 amide bonds. The number of hydrogen-bond acceptors (Lipinski definition) is 3. The number of hydrogen-bond donors (Lipinski definition) is 2. The van der Waals surface area contributed by atoms with Crippen molar-refractivity contribution in [2.75, 3.05) is 5.32 Å². The van der Waals surface area contributed by atoms with Gasteiger partial charge < -0.3 is 5.32 Å². The minimum absolute atomic E-state index is 0.272. The van der Waals surface area contributed by atoms with Crippen LogP contribution in [0.1, 0.15) is 31.0 Å². The Labute approximate surface area is 139 Å². The number of benzene rings is 2. The van der Waals surface area contributed by atoms with Gasteiger partial charge >= 0.3 is 0 Å². The number of para-hydroxylation sites is 1. The summed E-state index contributed by atoms with van der Waals surface area (Å²) in [5, 5.41) is 14.6. The standard InChI is InChI=1S/C18H17F2N3O/c1-11(15-8-7-14(19)9-16(15)20)22-12(2)18(24)23-17-6-4-3-5-13(17)10-21/h3-9,11-12,22H,1-2H3,(H,23,24)/t11-,12-/m0/s1. The van der Waals surface area contributed by atoms with E-state index in [0.29, 0.717) is 11.3 Å². The van der Waals surface area contributed by atoms with Crippen LogP contribution in [0.5, 0.6) is 0 Å². The third kappa shape index (κ3) is 4.15. The zero-order valence-electron chi connectivity index (χ0n) is 13.3. The molecule has 0 aliphatic heterocycles. The molecule has 0 unspecified atom stereocenters. The lowest BCUT2D eigenvalue weighted by Crippen LogP contribution is -2.39. The van der Waals surface area contributed by atoms with E-state index in [2.05, 4.69) is 10.6 Å². The predicted molar refractivity (Wildman–Crippen MR) is 87.2 cm³/mol. The van der Waals surface area contributed by atoms with Crippen LogP contribution in [0.2, 0.25) is 0 Å². The molecule has 2 N–H and O–H groups in total. The number of rotatable bonds is 5. The number of nitrogens with one attached hydrogen (secondary N) is 2. The summed E-state index contributed by atoms with van der Waals surface area (Å²) in [5.74, 6) is -1.67. The third-order valence-corrected chi connectivity index (χ3v) is 3.63. The first-order valence-electron chi connectivity index (χ1n) is 7.43. The van der Waals surface area contributed by atoms with Crippen molar-refractivity contribution in [3.8, 4) is 6.07 Å². The summed E-state index contributed by atoms with van der Waals surface area (Å²) in [6.07, 6.45) is 0. The first-order chi connectivity index (χ1) is 11.4. The number of carbonyl (C=O) groups is 1. The summed E-state index contributed by atoms with van der Waals surface area (Å²) in [6.45, 7) is 3.31. The largest absolute Gasteiger partial charge is 0.324 e. The van der Waals surface area contributed by atoms with E-state index in [1.54, 1.807) is 38.1 Å². The molecular weight excluding hydrogens is 312 g/mol. The highest BCUT2D eigenvalue weighted by Gasteiger charge is 2.19. The van der Waals surface area contributed by atoms with Gasteiger partial charge in [-0.3, -0.25) is 10.1 Å². The number of carbonyl (C=O) groups excluding carboxylic acids is 1. The second-order valence-electron chi connectivity index (χ2n) is 5.42. The van der Waals surface area contributed by atoms with E-state index in [4.69, 9.17) is 5.26 Å². The smallest absolute Gasteiger partial charge is 0.241 e. The van der Waals surface area contributed by atoms with Gasteiger partial charge in [-0.2, -0.15) is 5.26 Å².